The number of ether oxygens (including phenoxy) is 3. The highest BCUT2D eigenvalue weighted by Crippen LogP contribution is 2.17. The third-order valence-corrected chi connectivity index (χ3v) is 2.00. The fraction of sp³-hybridized carbons (Fsp3) is 0.417. The molecule has 7 nitrogen and oxygen atoms in total. The highest BCUT2D eigenvalue weighted by molar-refractivity contribution is 5.63. The summed E-state index contributed by atoms with van der Waals surface area (Å²) in [6, 6.07) is 5.13. The predicted molar refractivity (Wildman–Crippen MR) is 66.2 cm³/mol. The standard InChI is InChI=1S/C12H15NO6/c1-9(2)17-7-8-18-12(14)19-11-5-3-10(4-6-11)13(15)16/h3-6,9H,7-8H2,1-2H3. The van der Waals surface area contributed by atoms with Gasteiger partial charge < -0.3 is 14.2 Å². The van der Waals surface area contributed by atoms with Crippen LogP contribution in [0.4, 0.5) is 10.5 Å². The van der Waals surface area contributed by atoms with Crippen molar-refractivity contribution < 1.29 is 23.9 Å². The zero-order valence-corrected chi connectivity index (χ0v) is 10.7. The van der Waals surface area contributed by atoms with E-state index in [4.69, 9.17) is 14.2 Å². The van der Waals surface area contributed by atoms with Gasteiger partial charge in [0.25, 0.3) is 5.69 Å². The van der Waals surface area contributed by atoms with Crippen LogP contribution in [0.3, 0.4) is 0 Å². The molecule has 0 aliphatic heterocycles. The minimum Gasteiger partial charge on any atom is -0.432 e. The largest absolute Gasteiger partial charge is 0.513 e. The number of nitro groups is 1. The van der Waals surface area contributed by atoms with Crippen molar-refractivity contribution in [1.82, 2.24) is 0 Å². The first kappa shape index (κ1) is 14.9. The lowest BCUT2D eigenvalue weighted by Gasteiger charge is -2.08. The van der Waals surface area contributed by atoms with Crippen LogP contribution in [0.1, 0.15) is 13.8 Å². The Bertz CT molecular complexity index is 428. The van der Waals surface area contributed by atoms with Crippen molar-refractivity contribution in [3.05, 3.63) is 34.4 Å². The quantitative estimate of drug-likeness (QED) is 0.259. The number of carbonyl (C=O) groups excluding carboxylic acids is 1. The van der Waals surface area contributed by atoms with Crippen molar-refractivity contribution in [3.8, 4) is 5.75 Å². The lowest BCUT2D eigenvalue weighted by molar-refractivity contribution is -0.384. The first-order chi connectivity index (χ1) is 8.99. The number of benzene rings is 1. The van der Waals surface area contributed by atoms with Crippen molar-refractivity contribution in [3.63, 3.8) is 0 Å². The molecule has 0 aliphatic rings. The fourth-order valence-electron chi connectivity index (χ4n) is 1.17. The van der Waals surface area contributed by atoms with Crippen molar-refractivity contribution in [2.75, 3.05) is 13.2 Å². The molecule has 0 atom stereocenters. The lowest BCUT2D eigenvalue weighted by Crippen LogP contribution is -2.16. The summed E-state index contributed by atoms with van der Waals surface area (Å²) >= 11 is 0. The van der Waals surface area contributed by atoms with E-state index in [0.717, 1.165) is 0 Å². The SMILES string of the molecule is CC(C)OCCOC(=O)Oc1ccc([N+](=O)[O-])cc1. The summed E-state index contributed by atoms with van der Waals surface area (Å²) in [6.45, 7) is 4.11. The number of non-ortho nitro benzene ring substituents is 1. The molecule has 0 N–H and O–H groups in total. The molecule has 1 rings (SSSR count). The van der Waals surface area contributed by atoms with Crippen LogP contribution in [0, 0.1) is 10.1 Å². The molecule has 19 heavy (non-hydrogen) atoms. The monoisotopic (exact) mass is 269 g/mol. The van der Waals surface area contributed by atoms with E-state index in [1.165, 1.54) is 24.3 Å². The van der Waals surface area contributed by atoms with Gasteiger partial charge in [-0.3, -0.25) is 10.1 Å². The number of rotatable bonds is 6. The Hall–Kier alpha value is -2.15. The second kappa shape index (κ2) is 7.32. The van der Waals surface area contributed by atoms with Gasteiger partial charge in [0.2, 0.25) is 0 Å². The maximum atomic E-state index is 11.2. The van der Waals surface area contributed by atoms with Gasteiger partial charge >= 0.3 is 6.16 Å². The number of nitro benzene ring substituents is 1. The Morgan fingerprint density at radius 1 is 1.26 bits per heavy atom. The van der Waals surface area contributed by atoms with Gasteiger partial charge in [-0.25, -0.2) is 4.79 Å². The maximum Gasteiger partial charge on any atom is 0.513 e. The van der Waals surface area contributed by atoms with Crippen LogP contribution in [0.2, 0.25) is 0 Å². The highest BCUT2D eigenvalue weighted by Gasteiger charge is 2.09. The first-order valence-electron chi connectivity index (χ1n) is 5.69. The molecular formula is C12H15NO6. The second-order valence-electron chi connectivity index (χ2n) is 3.87. The summed E-state index contributed by atoms with van der Waals surface area (Å²) in [4.78, 5) is 21.1. The van der Waals surface area contributed by atoms with E-state index >= 15 is 0 Å². The zero-order valence-electron chi connectivity index (χ0n) is 10.7. The van der Waals surface area contributed by atoms with E-state index in [1.54, 1.807) is 0 Å². The smallest absolute Gasteiger partial charge is 0.432 e. The van der Waals surface area contributed by atoms with Gasteiger partial charge in [0, 0.05) is 12.1 Å². The number of hydrogen-bond acceptors (Lipinski definition) is 6. The normalized spacial score (nSPS) is 10.3. The lowest BCUT2D eigenvalue weighted by atomic mass is 10.3. The summed E-state index contributed by atoms with van der Waals surface area (Å²) in [5, 5.41) is 10.4. The van der Waals surface area contributed by atoms with Crippen molar-refractivity contribution in [2.24, 2.45) is 0 Å². The average Bonchev–Trinajstić information content (AvgIpc) is 2.35. The van der Waals surface area contributed by atoms with Crippen molar-refractivity contribution in [2.45, 2.75) is 20.0 Å². The first-order valence-corrected chi connectivity index (χ1v) is 5.69. The van der Waals surface area contributed by atoms with E-state index in [-0.39, 0.29) is 30.8 Å². The van der Waals surface area contributed by atoms with Gasteiger partial charge in [-0.05, 0) is 26.0 Å². The van der Waals surface area contributed by atoms with Crippen molar-refractivity contribution in [1.29, 1.82) is 0 Å². The summed E-state index contributed by atoms with van der Waals surface area (Å²) in [5.41, 5.74) is -0.0777. The van der Waals surface area contributed by atoms with E-state index in [0.29, 0.717) is 0 Å². The van der Waals surface area contributed by atoms with Crippen LogP contribution in [-0.4, -0.2) is 30.4 Å². The molecule has 0 spiro atoms. The summed E-state index contributed by atoms with van der Waals surface area (Å²) in [6.07, 6.45) is -0.810. The van der Waals surface area contributed by atoms with E-state index in [9.17, 15) is 14.9 Å². The van der Waals surface area contributed by atoms with Crippen LogP contribution in [0.5, 0.6) is 5.75 Å². The Labute approximate surface area is 110 Å². The maximum absolute atomic E-state index is 11.2. The Morgan fingerprint density at radius 3 is 2.42 bits per heavy atom. The molecule has 7 heteroatoms. The molecule has 0 heterocycles. The Kier molecular flexibility index (Phi) is 5.74. The molecule has 0 saturated heterocycles. The number of carbonyl (C=O) groups is 1. The summed E-state index contributed by atoms with van der Waals surface area (Å²) in [5.74, 6) is 0.181. The topological polar surface area (TPSA) is 87.9 Å². The molecule has 0 radical (unpaired) electrons. The average molecular weight is 269 g/mol. The molecule has 0 saturated carbocycles. The molecule has 0 amide bonds. The Balaban J connectivity index is 2.34. The molecular weight excluding hydrogens is 254 g/mol. The van der Waals surface area contributed by atoms with Gasteiger partial charge in [0.1, 0.15) is 12.4 Å². The number of hydrogen-bond donors (Lipinski definition) is 0. The van der Waals surface area contributed by atoms with Crippen LogP contribution >= 0.6 is 0 Å². The highest BCUT2D eigenvalue weighted by atomic mass is 16.7. The van der Waals surface area contributed by atoms with Gasteiger partial charge in [-0.15, -0.1) is 0 Å². The van der Waals surface area contributed by atoms with Gasteiger partial charge in [0.15, 0.2) is 0 Å². The van der Waals surface area contributed by atoms with Crippen LogP contribution in [0.15, 0.2) is 24.3 Å². The van der Waals surface area contributed by atoms with Crippen LogP contribution in [0.25, 0.3) is 0 Å². The van der Waals surface area contributed by atoms with Gasteiger partial charge in [-0.2, -0.15) is 0 Å². The molecule has 0 aromatic heterocycles. The molecule has 0 aliphatic carbocycles. The van der Waals surface area contributed by atoms with Crippen molar-refractivity contribution >= 4 is 11.8 Å². The second-order valence-corrected chi connectivity index (χ2v) is 3.87. The molecule has 104 valence electrons. The molecule has 0 bridgehead atoms. The summed E-state index contributed by atoms with van der Waals surface area (Å²) < 4.78 is 14.7. The Morgan fingerprint density at radius 2 is 1.89 bits per heavy atom. The minimum absolute atomic E-state index is 0.0642. The van der Waals surface area contributed by atoms with Gasteiger partial charge in [0.05, 0.1) is 17.6 Å². The predicted octanol–water partition coefficient (Wildman–Crippen LogP) is 2.54. The van der Waals surface area contributed by atoms with E-state index in [2.05, 4.69) is 0 Å². The van der Waals surface area contributed by atoms with Gasteiger partial charge in [-0.1, -0.05) is 0 Å². The molecule has 0 unspecified atom stereocenters. The number of nitrogens with zero attached hydrogens (tertiary/aromatic N) is 1. The minimum atomic E-state index is -0.874. The molecule has 0 fully saturated rings. The van der Waals surface area contributed by atoms with E-state index in [1.807, 2.05) is 13.8 Å². The van der Waals surface area contributed by atoms with Crippen LogP contribution in [-0.2, 0) is 9.47 Å². The molecule has 1 aromatic rings. The third-order valence-electron chi connectivity index (χ3n) is 2.00. The zero-order chi connectivity index (χ0) is 14.3. The fourth-order valence-corrected chi connectivity index (χ4v) is 1.17. The van der Waals surface area contributed by atoms with Crippen LogP contribution < -0.4 is 4.74 Å². The summed E-state index contributed by atoms with van der Waals surface area (Å²) in [7, 11) is 0. The third kappa shape index (κ3) is 5.82. The molecule has 1 aromatic carbocycles. The van der Waals surface area contributed by atoms with E-state index < -0.39 is 11.1 Å².